The van der Waals surface area contributed by atoms with Gasteiger partial charge in [0.05, 0.1) is 16.4 Å². The highest BCUT2D eigenvalue weighted by Gasteiger charge is 2.45. The van der Waals surface area contributed by atoms with Gasteiger partial charge in [0.25, 0.3) is 0 Å². The van der Waals surface area contributed by atoms with Gasteiger partial charge in [-0.1, -0.05) is 24.6 Å². The molecule has 2 aliphatic rings. The summed E-state index contributed by atoms with van der Waals surface area (Å²) in [4.78, 5) is 36.0. The molecule has 1 fully saturated rings. The van der Waals surface area contributed by atoms with Crippen LogP contribution in [-0.4, -0.2) is 37.9 Å². The molecule has 182 valence electrons. The van der Waals surface area contributed by atoms with Gasteiger partial charge in [-0.25, -0.2) is 13.2 Å². The van der Waals surface area contributed by atoms with E-state index in [2.05, 4.69) is 0 Å². The molecule has 1 aliphatic heterocycles. The van der Waals surface area contributed by atoms with Crippen molar-refractivity contribution in [1.82, 2.24) is 0 Å². The summed E-state index contributed by atoms with van der Waals surface area (Å²) in [5, 5.41) is -0.428. The minimum atomic E-state index is -3.16. The molecule has 1 heterocycles. The van der Waals surface area contributed by atoms with Crippen LogP contribution in [-0.2, 0) is 20.0 Å². The first kappa shape index (κ1) is 25.7. The Kier molecular flexibility index (Phi) is 7.35. The Morgan fingerprint density at radius 3 is 2.26 bits per heavy atom. The number of benzene rings is 2. The third-order valence-electron chi connectivity index (χ3n) is 6.57. The monoisotopic (exact) mass is 491 g/mol. The van der Waals surface area contributed by atoms with Crippen molar-refractivity contribution in [2.45, 2.75) is 50.2 Å². The van der Waals surface area contributed by atoms with Crippen LogP contribution in [0.15, 0.2) is 48.5 Å². The SMILES string of the molecule is CC1(C)C(=O)N(c2ccccc2)c2ccc(C(=O)CC3CCCC3S(C)(=O)=O)cc21.O=C(F)F. The second kappa shape index (κ2) is 9.74. The van der Waals surface area contributed by atoms with Gasteiger partial charge in [-0.3, -0.25) is 14.5 Å². The molecular formula is C25H27F2NO5S. The van der Waals surface area contributed by atoms with Crippen molar-refractivity contribution in [3.8, 4) is 0 Å². The van der Waals surface area contributed by atoms with Crippen LogP contribution < -0.4 is 4.90 Å². The Hall–Kier alpha value is -2.94. The third kappa shape index (κ3) is 5.24. The zero-order valence-electron chi connectivity index (χ0n) is 19.3. The minimum absolute atomic E-state index is 0.0266. The second-order valence-corrected chi connectivity index (χ2v) is 11.5. The predicted octanol–water partition coefficient (Wildman–Crippen LogP) is 5.47. The molecule has 0 radical (unpaired) electrons. The molecule has 2 atom stereocenters. The van der Waals surface area contributed by atoms with Crippen LogP contribution >= 0.6 is 0 Å². The average Bonchev–Trinajstić information content (AvgIpc) is 3.29. The average molecular weight is 492 g/mol. The molecule has 2 aromatic rings. The number of nitrogens with zero attached hydrogens (tertiary/aromatic N) is 1. The largest absolute Gasteiger partial charge is 0.483 e. The number of rotatable bonds is 5. The van der Waals surface area contributed by atoms with Crippen molar-refractivity contribution in [2.24, 2.45) is 5.92 Å². The van der Waals surface area contributed by atoms with Crippen LogP contribution in [0, 0.1) is 5.92 Å². The van der Waals surface area contributed by atoms with Crippen LogP contribution in [0.25, 0.3) is 0 Å². The number of sulfone groups is 1. The van der Waals surface area contributed by atoms with Gasteiger partial charge in [-0.15, -0.1) is 8.78 Å². The number of anilines is 2. The van der Waals surface area contributed by atoms with Crippen LogP contribution in [0.5, 0.6) is 0 Å². The summed E-state index contributed by atoms with van der Waals surface area (Å²) in [6.07, 6.45) is 0.900. The van der Waals surface area contributed by atoms with Crippen molar-refractivity contribution in [1.29, 1.82) is 0 Å². The maximum atomic E-state index is 13.2. The number of hydrogen-bond acceptors (Lipinski definition) is 5. The summed E-state index contributed by atoms with van der Waals surface area (Å²) in [7, 11) is -3.16. The van der Waals surface area contributed by atoms with E-state index < -0.39 is 26.8 Å². The fourth-order valence-corrected chi connectivity index (χ4v) is 6.42. The van der Waals surface area contributed by atoms with E-state index >= 15 is 0 Å². The second-order valence-electron chi connectivity index (χ2n) is 9.25. The first-order valence-electron chi connectivity index (χ1n) is 10.9. The molecule has 0 saturated heterocycles. The number of Topliss-reactive ketones (excluding diaryl/α,β-unsaturated/α-hetero) is 1. The predicted molar refractivity (Wildman–Crippen MR) is 126 cm³/mol. The summed E-state index contributed by atoms with van der Waals surface area (Å²) in [6, 6.07) is 14.9. The Morgan fingerprint density at radius 1 is 1.06 bits per heavy atom. The lowest BCUT2D eigenvalue weighted by Crippen LogP contribution is -2.33. The minimum Gasteiger partial charge on any atom is -0.294 e. The van der Waals surface area contributed by atoms with Gasteiger partial charge in [-0.05, 0) is 68.5 Å². The normalized spacial score (nSPS) is 21.0. The molecule has 1 saturated carbocycles. The topological polar surface area (TPSA) is 88.6 Å². The number of carbonyl (C=O) groups excluding carboxylic acids is 3. The number of halogens is 2. The molecule has 6 nitrogen and oxygen atoms in total. The molecular weight excluding hydrogens is 464 g/mol. The van der Waals surface area contributed by atoms with E-state index in [1.165, 1.54) is 6.26 Å². The molecule has 0 spiro atoms. The van der Waals surface area contributed by atoms with E-state index in [-0.39, 0.29) is 24.0 Å². The highest BCUT2D eigenvalue weighted by atomic mass is 32.2. The number of fused-ring (bicyclic) bond motifs is 1. The quantitative estimate of drug-likeness (QED) is 0.409. The maximum Gasteiger partial charge on any atom is 0.483 e. The fraction of sp³-hybridized carbons (Fsp3) is 0.400. The zero-order chi connectivity index (χ0) is 25.3. The van der Waals surface area contributed by atoms with E-state index in [1.54, 1.807) is 11.0 Å². The smallest absolute Gasteiger partial charge is 0.294 e. The number of ketones is 1. The third-order valence-corrected chi connectivity index (χ3v) is 8.29. The zero-order valence-corrected chi connectivity index (χ0v) is 20.1. The molecule has 0 N–H and O–H groups in total. The van der Waals surface area contributed by atoms with Crippen molar-refractivity contribution < 1.29 is 31.6 Å². The standard InChI is InChI=1S/C24H27NO4S.CF2O/c1-24(2)19-14-16(21(26)15-17-8-7-11-22(17)30(3,28)29)12-13-20(19)25(23(24)27)18-9-5-4-6-10-18;2-1(3)4/h4-6,9-10,12-14,17,22H,7-8,11,15H2,1-3H3;. The van der Waals surface area contributed by atoms with Gasteiger partial charge in [0.2, 0.25) is 5.91 Å². The first-order chi connectivity index (χ1) is 15.8. The van der Waals surface area contributed by atoms with E-state index in [0.717, 1.165) is 29.8 Å². The summed E-state index contributed by atoms with van der Waals surface area (Å²) >= 11 is 0. The molecule has 34 heavy (non-hydrogen) atoms. The van der Waals surface area contributed by atoms with Gasteiger partial charge in [0, 0.05) is 23.9 Å². The van der Waals surface area contributed by atoms with E-state index in [0.29, 0.717) is 12.0 Å². The van der Waals surface area contributed by atoms with Gasteiger partial charge < -0.3 is 0 Å². The molecule has 2 aromatic carbocycles. The fourth-order valence-electron chi connectivity index (χ4n) is 4.90. The number of hydrogen-bond donors (Lipinski definition) is 0. The number of para-hydroxylation sites is 1. The van der Waals surface area contributed by atoms with Crippen molar-refractivity contribution in [3.63, 3.8) is 0 Å². The van der Waals surface area contributed by atoms with E-state index in [9.17, 15) is 26.8 Å². The van der Waals surface area contributed by atoms with Crippen molar-refractivity contribution in [2.75, 3.05) is 11.2 Å². The molecule has 9 heteroatoms. The molecule has 4 rings (SSSR count). The summed E-state index contributed by atoms with van der Waals surface area (Å²) in [5.41, 5.74) is 2.22. The number of carbonyl (C=O) groups is 3. The highest BCUT2D eigenvalue weighted by molar-refractivity contribution is 7.91. The van der Waals surface area contributed by atoms with Gasteiger partial charge >= 0.3 is 6.29 Å². The highest BCUT2D eigenvalue weighted by Crippen LogP contribution is 2.46. The van der Waals surface area contributed by atoms with Gasteiger partial charge in [0.1, 0.15) is 0 Å². The Balaban J connectivity index is 0.000000751. The lowest BCUT2D eigenvalue weighted by atomic mass is 9.84. The van der Waals surface area contributed by atoms with Crippen LogP contribution in [0.2, 0.25) is 0 Å². The lowest BCUT2D eigenvalue weighted by molar-refractivity contribution is -0.121. The maximum absolute atomic E-state index is 13.2. The molecule has 1 aliphatic carbocycles. The Labute approximate surface area is 197 Å². The van der Waals surface area contributed by atoms with Crippen molar-refractivity contribution >= 4 is 39.2 Å². The van der Waals surface area contributed by atoms with Crippen molar-refractivity contribution in [3.05, 3.63) is 59.7 Å². The molecule has 2 unspecified atom stereocenters. The van der Waals surface area contributed by atoms with Gasteiger partial charge in [-0.2, -0.15) is 0 Å². The van der Waals surface area contributed by atoms with Crippen LogP contribution in [0.4, 0.5) is 25.0 Å². The van der Waals surface area contributed by atoms with Gasteiger partial charge in [0.15, 0.2) is 15.6 Å². The summed E-state index contributed by atoms with van der Waals surface area (Å²) in [6.45, 7) is 3.75. The summed E-state index contributed by atoms with van der Waals surface area (Å²) < 4.78 is 43.5. The Morgan fingerprint density at radius 2 is 1.68 bits per heavy atom. The van der Waals surface area contributed by atoms with E-state index in [1.807, 2.05) is 56.3 Å². The molecule has 0 bridgehead atoms. The lowest BCUT2D eigenvalue weighted by Gasteiger charge is -2.20. The van der Waals surface area contributed by atoms with Crippen LogP contribution in [0.1, 0.15) is 55.5 Å². The molecule has 1 amide bonds. The number of amides is 1. The van der Waals surface area contributed by atoms with E-state index in [4.69, 9.17) is 4.79 Å². The Bertz CT molecular complexity index is 1210. The molecule has 0 aromatic heterocycles. The van der Waals surface area contributed by atoms with Crippen LogP contribution in [0.3, 0.4) is 0 Å². The summed E-state index contributed by atoms with van der Waals surface area (Å²) in [5.74, 6) is -0.211. The first-order valence-corrected chi connectivity index (χ1v) is 12.9.